The molecular weight excluding hydrogens is 485 g/mol. The van der Waals surface area contributed by atoms with E-state index in [2.05, 4.69) is 110 Å². The SMILES string of the molecule is Brc1cccc2c1C1C=Cc3c(I)ccc4c3C1N2c1ccccc1-4. The largest absolute Gasteiger partial charge is 0.332 e. The molecule has 1 aliphatic carbocycles. The molecule has 0 saturated carbocycles. The summed E-state index contributed by atoms with van der Waals surface area (Å²) in [6.45, 7) is 0. The molecule has 0 saturated heterocycles. The lowest BCUT2D eigenvalue weighted by Crippen LogP contribution is -2.28. The Morgan fingerprint density at radius 3 is 2.60 bits per heavy atom. The zero-order chi connectivity index (χ0) is 16.7. The maximum Gasteiger partial charge on any atom is 0.0708 e. The Hall–Kier alpha value is -1.59. The van der Waals surface area contributed by atoms with E-state index < -0.39 is 0 Å². The van der Waals surface area contributed by atoms with Crippen LogP contribution in [0.3, 0.4) is 0 Å². The molecule has 1 nitrogen and oxygen atoms in total. The summed E-state index contributed by atoms with van der Waals surface area (Å²) in [5.41, 5.74) is 9.68. The van der Waals surface area contributed by atoms with Gasteiger partial charge >= 0.3 is 0 Å². The highest BCUT2D eigenvalue weighted by atomic mass is 127. The van der Waals surface area contributed by atoms with Crippen LogP contribution in [0.15, 0.2) is 65.1 Å². The van der Waals surface area contributed by atoms with Crippen LogP contribution >= 0.6 is 38.5 Å². The second kappa shape index (κ2) is 4.98. The fourth-order valence-electron chi connectivity index (χ4n) is 4.77. The van der Waals surface area contributed by atoms with E-state index in [-0.39, 0.29) is 0 Å². The molecule has 3 aromatic carbocycles. The van der Waals surface area contributed by atoms with Crippen LogP contribution in [-0.4, -0.2) is 0 Å². The summed E-state index contributed by atoms with van der Waals surface area (Å²) in [5, 5.41) is 0. The Labute approximate surface area is 168 Å². The first-order valence-electron chi connectivity index (χ1n) is 8.43. The Bertz CT molecular complexity index is 1100. The quantitative estimate of drug-likeness (QED) is 0.301. The van der Waals surface area contributed by atoms with Gasteiger partial charge in [-0.25, -0.2) is 0 Å². The van der Waals surface area contributed by atoms with Crippen molar-refractivity contribution in [1.29, 1.82) is 0 Å². The second-order valence-corrected chi connectivity index (χ2v) is 8.83. The van der Waals surface area contributed by atoms with Crippen molar-refractivity contribution in [2.45, 2.75) is 12.0 Å². The average Bonchev–Trinajstić information content (AvgIpc) is 2.99. The van der Waals surface area contributed by atoms with Gasteiger partial charge in [0.2, 0.25) is 0 Å². The first-order chi connectivity index (χ1) is 12.3. The predicted molar refractivity (Wildman–Crippen MR) is 115 cm³/mol. The van der Waals surface area contributed by atoms with Crippen LogP contribution in [0.1, 0.15) is 28.7 Å². The molecule has 6 rings (SSSR count). The summed E-state index contributed by atoms with van der Waals surface area (Å²) in [5.74, 6) is 0.392. The molecule has 0 N–H and O–H groups in total. The molecule has 3 aromatic rings. The fraction of sp³-hybridized carbons (Fsp3) is 0.0909. The third kappa shape index (κ3) is 1.73. The molecule has 0 bridgehead atoms. The third-order valence-electron chi connectivity index (χ3n) is 5.69. The number of anilines is 2. The first-order valence-corrected chi connectivity index (χ1v) is 10.3. The molecule has 2 unspecified atom stereocenters. The fourth-order valence-corrected chi connectivity index (χ4v) is 6.04. The second-order valence-electron chi connectivity index (χ2n) is 6.81. The summed E-state index contributed by atoms with van der Waals surface area (Å²) in [4.78, 5) is 2.56. The molecule has 0 radical (unpaired) electrons. The van der Waals surface area contributed by atoms with Crippen molar-refractivity contribution in [3.8, 4) is 11.1 Å². The van der Waals surface area contributed by atoms with Crippen molar-refractivity contribution in [2.75, 3.05) is 4.90 Å². The van der Waals surface area contributed by atoms with Gasteiger partial charge in [0.15, 0.2) is 0 Å². The topological polar surface area (TPSA) is 3.24 Å². The standard InChI is InChI=1S/C22H13BrIN/c23-16-5-3-7-19-21(16)15-9-8-14-17(24)11-10-13-12-4-1-2-6-18(12)25(19)22(15)20(13)14/h1-11,15,22H. The van der Waals surface area contributed by atoms with Crippen LogP contribution in [0, 0.1) is 3.57 Å². The van der Waals surface area contributed by atoms with E-state index in [1.54, 1.807) is 0 Å². The molecule has 0 aromatic heterocycles. The van der Waals surface area contributed by atoms with Gasteiger partial charge in [-0.3, -0.25) is 0 Å². The summed E-state index contributed by atoms with van der Waals surface area (Å²) < 4.78 is 2.54. The Balaban J connectivity index is 1.79. The number of rotatable bonds is 0. The molecular formula is C22H13BrIN. The molecule has 3 aliphatic rings. The van der Waals surface area contributed by atoms with Crippen molar-refractivity contribution in [3.63, 3.8) is 0 Å². The number of hydrogen-bond donors (Lipinski definition) is 0. The van der Waals surface area contributed by atoms with Gasteiger partial charge in [-0.05, 0) is 69.1 Å². The number of fused-ring (bicyclic) bond motifs is 6. The molecule has 2 heterocycles. The lowest BCUT2D eigenvalue weighted by Gasteiger charge is -2.40. The number of hydrogen-bond acceptors (Lipinski definition) is 1. The van der Waals surface area contributed by atoms with Crippen LogP contribution in [0.2, 0.25) is 0 Å². The highest BCUT2D eigenvalue weighted by Gasteiger charge is 2.46. The van der Waals surface area contributed by atoms with Gasteiger partial charge in [0.25, 0.3) is 0 Å². The third-order valence-corrected chi connectivity index (χ3v) is 7.33. The highest BCUT2D eigenvalue weighted by Crippen LogP contribution is 2.62. The van der Waals surface area contributed by atoms with Crippen LogP contribution in [-0.2, 0) is 0 Å². The van der Waals surface area contributed by atoms with Crippen LogP contribution in [0.25, 0.3) is 17.2 Å². The van der Waals surface area contributed by atoms with Gasteiger partial charge in [0, 0.05) is 30.9 Å². The van der Waals surface area contributed by atoms with Crippen molar-refractivity contribution in [2.24, 2.45) is 0 Å². The molecule has 3 heteroatoms. The van der Waals surface area contributed by atoms with Gasteiger partial charge in [-0.1, -0.05) is 58.4 Å². The summed E-state index contributed by atoms with van der Waals surface area (Å²) in [6.07, 6.45) is 4.74. The summed E-state index contributed by atoms with van der Waals surface area (Å²) in [7, 11) is 0. The molecule has 2 atom stereocenters. The minimum atomic E-state index is 0.355. The van der Waals surface area contributed by atoms with Crippen molar-refractivity contribution in [3.05, 3.63) is 85.4 Å². The smallest absolute Gasteiger partial charge is 0.0708 e. The van der Waals surface area contributed by atoms with Gasteiger partial charge in [-0.2, -0.15) is 0 Å². The summed E-state index contributed by atoms with van der Waals surface area (Å²) in [6, 6.07) is 20.3. The van der Waals surface area contributed by atoms with E-state index >= 15 is 0 Å². The van der Waals surface area contributed by atoms with E-state index in [4.69, 9.17) is 0 Å². The monoisotopic (exact) mass is 497 g/mol. The highest BCUT2D eigenvalue weighted by molar-refractivity contribution is 14.1. The van der Waals surface area contributed by atoms with Crippen molar-refractivity contribution in [1.82, 2.24) is 0 Å². The Morgan fingerprint density at radius 1 is 0.840 bits per heavy atom. The molecule has 0 amide bonds. The minimum absolute atomic E-state index is 0.355. The molecule has 2 aliphatic heterocycles. The Kier molecular flexibility index (Phi) is 2.90. The van der Waals surface area contributed by atoms with E-state index in [0.29, 0.717) is 12.0 Å². The first kappa shape index (κ1) is 14.6. The van der Waals surface area contributed by atoms with Crippen molar-refractivity contribution < 1.29 is 0 Å². The number of benzene rings is 3. The molecule has 0 fully saturated rings. The van der Waals surface area contributed by atoms with Crippen LogP contribution in [0.4, 0.5) is 11.4 Å². The minimum Gasteiger partial charge on any atom is -0.332 e. The van der Waals surface area contributed by atoms with Crippen LogP contribution < -0.4 is 4.90 Å². The van der Waals surface area contributed by atoms with Crippen molar-refractivity contribution >= 4 is 56.0 Å². The van der Waals surface area contributed by atoms with E-state index in [9.17, 15) is 0 Å². The van der Waals surface area contributed by atoms with E-state index in [1.807, 2.05) is 0 Å². The number of nitrogens with zero attached hydrogens (tertiary/aromatic N) is 1. The van der Waals surface area contributed by atoms with Crippen LogP contribution in [0.5, 0.6) is 0 Å². The lowest BCUT2D eigenvalue weighted by molar-refractivity contribution is 0.661. The molecule has 0 spiro atoms. The molecule has 25 heavy (non-hydrogen) atoms. The zero-order valence-corrected chi connectivity index (χ0v) is 17.0. The maximum absolute atomic E-state index is 3.82. The predicted octanol–water partition coefficient (Wildman–Crippen LogP) is 7.04. The average molecular weight is 498 g/mol. The molecule has 120 valence electrons. The lowest BCUT2D eigenvalue weighted by atomic mass is 9.77. The zero-order valence-electron chi connectivity index (χ0n) is 13.2. The maximum atomic E-state index is 3.82. The Morgan fingerprint density at radius 2 is 1.68 bits per heavy atom. The normalized spacial score (nSPS) is 21.0. The van der Waals surface area contributed by atoms with E-state index in [1.165, 1.54) is 47.2 Å². The van der Waals surface area contributed by atoms with Gasteiger partial charge < -0.3 is 4.90 Å². The number of halogens is 2. The van der Waals surface area contributed by atoms with E-state index in [0.717, 1.165) is 0 Å². The van der Waals surface area contributed by atoms with Gasteiger partial charge in [0.1, 0.15) is 0 Å². The summed E-state index contributed by atoms with van der Waals surface area (Å²) >= 11 is 6.29. The van der Waals surface area contributed by atoms with Gasteiger partial charge in [0.05, 0.1) is 6.04 Å². The number of para-hydroxylation sites is 1. The van der Waals surface area contributed by atoms with Gasteiger partial charge in [-0.15, -0.1) is 0 Å².